The van der Waals surface area contributed by atoms with Gasteiger partial charge in [-0.15, -0.1) is 0 Å². The third-order valence-corrected chi connectivity index (χ3v) is 4.36. The number of aromatic nitrogens is 2. The Labute approximate surface area is 127 Å². The van der Waals surface area contributed by atoms with E-state index in [1.807, 2.05) is 13.0 Å². The molecule has 0 aliphatic rings. The summed E-state index contributed by atoms with van der Waals surface area (Å²) in [6, 6.07) is 5.13. The third kappa shape index (κ3) is 4.37. The van der Waals surface area contributed by atoms with Crippen molar-refractivity contribution < 1.29 is 4.39 Å². The summed E-state index contributed by atoms with van der Waals surface area (Å²) in [7, 11) is 0. The molecule has 0 radical (unpaired) electrons. The van der Waals surface area contributed by atoms with E-state index >= 15 is 0 Å². The second kappa shape index (κ2) is 7.31. The van der Waals surface area contributed by atoms with Crippen LogP contribution in [0.25, 0.3) is 0 Å². The average Bonchev–Trinajstić information content (AvgIpc) is 2.40. The van der Waals surface area contributed by atoms with Crippen LogP contribution in [-0.2, 0) is 0 Å². The van der Waals surface area contributed by atoms with E-state index in [1.165, 1.54) is 17.8 Å². The Morgan fingerprint density at radius 3 is 2.16 bits per heavy atom. The molecule has 0 saturated heterocycles. The van der Waals surface area contributed by atoms with Crippen molar-refractivity contribution in [3.63, 3.8) is 0 Å². The molecule has 98 valence electrons. The van der Waals surface area contributed by atoms with Crippen molar-refractivity contribution in [3.05, 3.63) is 56.2 Å². The van der Waals surface area contributed by atoms with Crippen LogP contribution in [0.5, 0.6) is 0 Å². The Hall–Kier alpha value is -1.32. The molecule has 0 N–H and O–H groups in total. The van der Waals surface area contributed by atoms with Crippen LogP contribution in [0.3, 0.4) is 0 Å². The monoisotopic (exact) mass is 385 g/mol. The molecule has 0 fully saturated rings. The van der Waals surface area contributed by atoms with E-state index in [0.717, 1.165) is 9.08 Å². The summed E-state index contributed by atoms with van der Waals surface area (Å²) >= 11 is 6.66. The molecule has 0 amide bonds. The zero-order valence-electron chi connectivity index (χ0n) is 10.3. The van der Waals surface area contributed by atoms with Gasteiger partial charge in [0.05, 0.1) is 4.47 Å². The summed E-state index contributed by atoms with van der Waals surface area (Å²) in [5.74, 6) is -0.523. The number of hydrogen-bond donors (Lipinski definition) is 0. The SMILES string of the molecule is Cc1ccnc(Br)c1Br.Cc1ccnc(C#N)c1F. The van der Waals surface area contributed by atoms with Crippen LogP contribution in [0, 0.1) is 31.0 Å². The Balaban J connectivity index is 0.000000191. The summed E-state index contributed by atoms with van der Waals surface area (Å²) < 4.78 is 14.6. The van der Waals surface area contributed by atoms with Crippen molar-refractivity contribution in [1.29, 1.82) is 5.26 Å². The topological polar surface area (TPSA) is 49.6 Å². The van der Waals surface area contributed by atoms with Crippen molar-refractivity contribution in [2.24, 2.45) is 0 Å². The van der Waals surface area contributed by atoms with Crippen LogP contribution >= 0.6 is 31.9 Å². The quantitative estimate of drug-likeness (QED) is 0.633. The first-order valence-electron chi connectivity index (χ1n) is 5.25. The van der Waals surface area contributed by atoms with Crippen LogP contribution in [0.15, 0.2) is 33.6 Å². The van der Waals surface area contributed by atoms with Gasteiger partial charge < -0.3 is 0 Å². The van der Waals surface area contributed by atoms with E-state index in [1.54, 1.807) is 19.2 Å². The summed E-state index contributed by atoms with van der Waals surface area (Å²) in [5, 5.41) is 8.29. The number of halogens is 3. The number of rotatable bonds is 0. The van der Waals surface area contributed by atoms with Crippen LogP contribution in [0.4, 0.5) is 4.39 Å². The second-order valence-corrected chi connectivity index (χ2v) is 5.18. The number of aryl methyl sites for hydroxylation is 2. The maximum Gasteiger partial charge on any atom is 0.176 e. The highest BCUT2D eigenvalue weighted by Crippen LogP contribution is 2.22. The van der Waals surface area contributed by atoms with Crippen LogP contribution in [0.1, 0.15) is 16.8 Å². The van der Waals surface area contributed by atoms with Crippen molar-refractivity contribution >= 4 is 31.9 Å². The molecule has 0 atom stereocenters. The van der Waals surface area contributed by atoms with Gasteiger partial charge in [0.1, 0.15) is 10.7 Å². The molecule has 2 heterocycles. The van der Waals surface area contributed by atoms with Gasteiger partial charge in [0.2, 0.25) is 0 Å². The van der Waals surface area contributed by atoms with Gasteiger partial charge in [0, 0.05) is 12.4 Å². The van der Waals surface area contributed by atoms with Gasteiger partial charge >= 0.3 is 0 Å². The lowest BCUT2D eigenvalue weighted by Crippen LogP contribution is -1.90. The molecule has 0 bridgehead atoms. The van der Waals surface area contributed by atoms with E-state index in [9.17, 15) is 4.39 Å². The molecule has 0 saturated carbocycles. The van der Waals surface area contributed by atoms with Gasteiger partial charge in [0.15, 0.2) is 11.5 Å². The fourth-order valence-electron chi connectivity index (χ4n) is 1.13. The highest BCUT2D eigenvalue weighted by atomic mass is 79.9. The van der Waals surface area contributed by atoms with Crippen LogP contribution in [-0.4, -0.2) is 9.97 Å². The Bertz CT molecular complexity index is 604. The predicted octanol–water partition coefficient (Wildman–Crippen LogP) is 4.32. The molecule has 19 heavy (non-hydrogen) atoms. The lowest BCUT2D eigenvalue weighted by atomic mass is 10.2. The minimum absolute atomic E-state index is 0.139. The Morgan fingerprint density at radius 1 is 1.11 bits per heavy atom. The molecule has 2 aromatic heterocycles. The molecule has 0 aliphatic carbocycles. The highest BCUT2D eigenvalue weighted by Gasteiger charge is 2.03. The zero-order chi connectivity index (χ0) is 14.4. The van der Waals surface area contributed by atoms with Gasteiger partial charge in [0.25, 0.3) is 0 Å². The fourth-order valence-corrected chi connectivity index (χ4v) is 1.79. The van der Waals surface area contributed by atoms with Crippen molar-refractivity contribution in [2.45, 2.75) is 13.8 Å². The third-order valence-electron chi connectivity index (χ3n) is 2.23. The first-order valence-corrected chi connectivity index (χ1v) is 6.83. The van der Waals surface area contributed by atoms with E-state index in [2.05, 4.69) is 41.8 Å². The summed E-state index contributed by atoms with van der Waals surface area (Å²) in [6.07, 6.45) is 3.18. The minimum atomic E-state index is -0.523. The normalized spacial score (nSPS) is 9.26. The predicted molar refractivity (Wildman–Crippen MR) is 78.0 cm³/mol. The lowest BCUT2D eigenvalue weighted by Gasteiger charge is -1.96. The standard InChI is InChI=1S/C7H5FN2.C6H5Br2N/c1-5-2-3-10-6(4-9)7(5)8;1-4-2-3-9-6(8)5(4)7/h2-3H,1H3;2-3H,1H3. The zero-order valence-corrected chi connectivity index (χ0v) is 13.5. The minimum Gasteiger partial charge on any atom is -0.248 e. The van der Waals surface area contributed by atoms with Gasteiger partial charge in [-0.2, -0.15) is 5.26 Å². The second-order valence-electron chi connectivity index (χ2n) is 3.63. The molecule has 0 unspecified atom stereocenters. The Morgan fingerprint density at radius 2 is 1.68 bits per heavy atom. The molecular formula is C13H10Br2FN3. The first-order chi connectivity index (χ1) is 8.97. The highest BCUT2D eigenvalue weighted by molar-refractivity contribution is 9.13. The summed E-state index contributed by atoms with van der Waals surface area (Å²) in [4.78, 5) is 7.53. The molecule has 3 nitrogen and oxygen atoms in total. The van der Waals surface area contributed by atoms with Crippen molar-refractivity contribution in [3.8, 4) is 6.07 Å². The van der Waals surface area contributed by atoms with Gasteiger partial charge in [-0.05, 0) is 69.0 Å². The number of nitriles is 1. The van der Waals surface area contributed by atoms with Crippen molar-refractivity contribution in [1.82, 2.24) is 9.97 Å². The van der Waals surface area contributed by atoms with Crippen LogP contribution < -0.4 is 0 Å². The van der Waals surface area contributed by atoms with Gasteiger partial charge in [-0.3, -0.25) is 0 Å². The van der Waals surface area contributed by atoms with E-state index in [4.69, 9.17) is 5.26 Å². The maximum atomic E-state index is 12.7. The molecule has 6 heteroatoms. The number of nitrogens with zero attached hydrogens (tertiary/aromatic N) is 3. The maximum absolute atomic E-state index is 12.7. The smallest absolute Gasteiger partial charge is 0.176 e. The summed E-state index contributed by atoms with van der Waals surface area (Å²) in [5.41, 5.74) is 1.50. The lowest BCUT2D eigenvalue weighted by molar-refractivity contribution is 0.607. The molecule has 0 aromatic carbocycles. The van der Waals surface area contributed by atoms with E-state index < -0.39 is 5.82 Å². The molecule has 2 aromatic rings. The number of hydrogen-bond acceptors (Lipinski definition) is 3. The van der Waals surface area contributed by atoms with Crippen molar-refractivity contribution in [2.75, 3.05) is 0 Å². The fraction of sp³-hybridized carbons (Fsp3) is 0.154. The first kappa shape index (κ1) is 15.7. The Kier molecular flexibility index (Phi) is 6.06. The van der Waals surface area contributed by atoms with E-state index in [0.29, 0.717) is 5.56 Å². The average molecular weight is 387 g/mol. The largest absolute Gasteiger partial charge is 0.248 e. The van der Waals surface area contributed by atoms with Gasteiger partial charge in [-0.1, -0.05) is 0 Å². The van der Waals surface area contributed by atoms with Crippen LogP contribution in [0.2, 0.25) is 0 Å². The molecule has 0 aliphatic heterocycles. The number of pyridine rings is 2. The molecular weight excluding hydrogens is 377 g/mol. The molecule has 2 rings (SSSR count). The van der Waals surface area contributed by atoms with E-state index in [-0.39, 0.29) is 5.69 Å². The van der Waals surface area contributed by atoms with Gasteiger partial charge in [-0.25, -0.2) is 14.4 Å². The molecule has 0 spiro atoms. The summed E-state index contributed by atoms with van der Waals surface area (Å²) in [6.45, 7) is 3.62.